The van der Waals surface area contributed by atoms with Crippen molar-refractivity contribution < 1.29 is 14.8 Å². The summed E-state index contributed by atoms with van der Waals surface area (Å²) in [7, 11) is 2.14. The number of piperazine rings is 1. The van der Waals surface area contributed by atoms with Crippen LogP contribution < -0.4 is 21.4 Å². The van der Waals surface area contributed by atoms with Gasteiger partial charge in [-0.1, -0.05) is 11.8 Å². The Kier molecular flexibility index (Phi) is 8.51. The minimum atomic E-state index is -1.11. The van der Waals surface area contributed by atoms with Gasteiger partial charge in [0.15, 0.2) is 0 Å². The Morgan fingerprint density at radius 3 is 1.94 bits per heavy atom. The predicted octanol–water partition coefficient (Wildman–Crippen LogP) is 1.18. The first-order valence-corrected chi connectivity index (χ1v) is 11.4. The molecule has 1 saturated heterocycles. The van der Waals surface area contributed by atoms with E-state index in [1.165, 1.54) is 11.2 Å². The van der Waals surface area contributed by atoms with E-state index in [1.54, 1.807) is 38.1 Å². The van der Waals surface area contributed by atoms with E-state index in [2.05, 4.69) is 58.0 Å². The molecule has 0 aliphatic carbocycles. The van der Waals surface area contributed by atoms with Gasteiger partial charge in [0.2, 0.25) is 0 Å². The van der Waals surface area contributed by atoms with E-state index in [4.69, 9.17) is 10.9 Å². The highest BCUT2D eigenvalue weighted by molar-refractivity contribution is 5.97. The van der Waals surface area contributed by atoms with Crippen molar-refractivity contribution in [2.75, 3.05) is 38.1 Å². The van der Waals surface area contributed by atoms with Crippen molar-refractivity contribution in [3.8, 4) is 23.7 Å². The van der Waals surface area contributed by atoms with Crippen molar-refractivity contribution in [2.45, 2.75) is 25.4 Å². The molecule has 1 atom stereocenters. The molecule has 1 aliphatic heterocycles. The quantitative estimate of drug-likeness (QED) is 0.295. The lowest BCUT2D eigenvalue weighted by molar-refractivity contribution is -0.132. The standard InChI is InChI=1S/C27H31N5O3/c1-27(2,28)24(26(34)30-35)29-25(33)22-12-8-20(9-13-22)6-4-5-7-21-10-14-23(15-11-21)32-18-16-31(3)17-19-32/h8-15,24,35H,16-19,28H2,1-3H3,(H,29,33)(H,30,34)/t24-/m1/s1. The molecule has 2 aromatic rings. The summed E-state index contributed by atoms with van der Waals surface area (Å²) in [4.78, 5) is 29.0. The Bertz CT molecular complexity index is 1150. The molecule has 2 aromatic carbocycles. The van der Waals surface area contributed by atoms with Gasteiger partial charge < -0.3 is 20.9 Å². The Morgan fingerprint density at radius 2 is 1.46 bits per heavy atom. The highest BCUT2D eigenvalue weighted by Gasteiger charge is 2.33. The summed E-state index contributed by atoms with van der Waals surface area (Å²) in [6.07, 6.45) is 0. The molecular formula is C27H31N5O3. The van der Waals surface area contributed by atoms with E-state index in [9.17, 15) is 9.59 Å². The minimum Gasteiger partial charge on any atom is -0.369 e. The SMILES string of the molecule is CN1CCN(c2ccc(C#CC#Cc3ccc(C(=O)N[C@H](C(=O)NO)C(C)(C)N)cc3)cc2)CC1. The van der Waals surface area contributed by atoms with Crippen LogP contribution in [0.3, 0.4) is 0 Å². The normalized spacial score (nSPS) is 14.6. The van der Waals surface area contributed by atoms with Crippen LogP contribution in [0.2, 0.25) is 0 Å². The summed E-state index contributed by atoms with van der Waals surface area (Å²) >= 11 is 0. The molecule has 0 saturated carbocycles. The summed E-state index contributed by atoms with van der Waals surface area (Å²) in [5.74, 6) is 10.4. The van der Waals surface area contributed by atoms with Crippen LogP contribution >= 0.6 is 0 Å². The lowest BCUT2D eigenvalue weighted by atomic mass is 9.95. The van der Waals surface area contributed by atoms with Gasteiger partial charge in [0, 0.05) is 54.1 Å². The number of hydrogen-bond acceptors (Lipinski definition) is 6. The van der Waals surface area contributed by atoms with Crippen LogP contribution in [0, 0.1) is 23.7 Å². The topological polar surface area (TPSA) is 111 Å². The van der Waals surface area contributed by atoms with Crippen LogP contribution in [0.25, 0.3) is 0 Å². The highest BCUT2D eigenvalue weighted by atomic mass is 16.5. The van der Waals surface area contributed by atoms with Crippen molar-refractivity contribution in [1.29, 1.82) is 0 Å². The Morgan fingerprint density at radius 1 is 0.943 bits per heavy atom. The van der Waals surface area contributed by atoms with Gasteiger partial charge in [0.1, 0.15) is 6.04 Å². The average Bonchev–Trinajstić information content (AvgIpc) is 2.85. The van der Waals surface area contributed by atoms with Gasteiger partial charge in [-0.2, -0.15) is 0 Å². The number of nitrogens with two attached hydrogens (primary N) is 1. The van der Waals surface area contributed by atoms with Crippen LogP contribution in [0.15, 0.2) is 48.5 Å². The van der Waals surface area contributed by atoms with Crippen LogP contribution in [0.4, 0.5) is 5.69 Å². The van der Waals surface area contributed by atoms with Crippen molar-refractivity contribution in [2.24, 2.45) is 5.73 Å². The number of rotatable bonds is 5. The van der Waals surface area contributed by atoms with Crippen LogP contribution in [0.1, 0.15) is 35.3 Å². The third kappa shape index (κ3) is 7.33. The maximum absolute atomic E-state index is 12.5. The van der Waals surface area contributed by atoms with Gasteiger partial charge in [-0.3, -0.25) is 14.8 Å². The third-order valence-electron chi connectivity index (χ3n) is 5.75. The number of likely N-dealkylation sites (N-methyl/N-ethyl adjacent to an activating group) is 1. The van der Waals surface area contributed by atoms with E-state index in [0.717, 1.165) is 31.7 Å². The first-order chi connectivity index (χ1) is 16.7. The molecule has 0 spiro atoms. The zero-order valence-electron chi connectivity index (χ0n) is 20.3. The van der Waals surface area contributed by atoms with Crippen molar-refractivity contribution in [3.05, 3.63) is 65.2 Å². The number of amides is 2. The zero-order chi connectivity index (χ0) is 25.4. The van der Waals surface area contributed by atoms with Gasteiger partial charge in [-0.25, -0.2) is 5.48 Å². The predicted molar refractivity (Wildman–Crippen MR) is 136 cm³/mol. The fourth-order valence-electron chi connectivity index (χ4n) is 3.60. The minimum absolute atomic E-state index is 0.335. The molecule has 0 bridgehead atoms. The number of nitrogens with one attached hydrogen (secondary N) is 2. The van der Waals surface area contributed by atoms with Gasteiger partial charge in [-0.05, 0) is 81.3 Å². The number of hydrogen-bond donors (Lipinski definition) is 4. The monoisotopic (exact) mass is 473 g/mol. The van der Waals surface area contributed by atoms with Gasteiger partial charge in [0.05, 0.1) is 0 Å². The van der Waals surface area contributed by atoms with Gasteiger partial charge >= 0.3 is 0 Å². The zero-order valence-corrected chi connectivity index (χ0v) is 20.3. The first kappa shape index (κ1) is 25.8. The molecule has 0 radical (unpaired) electrons. The molecule has 1 aliphatic rings. The second-order valence-corrected chi connectivity index (χ2v) is 9.12. The second-order valence-electron chi connectivity index (χ2n) is 9.12. The summed E-state index contributed by atoms with van der Waals surface area (Å²) < 4.78 is 0. The Balaban J connectivity index is 1.58. The molecule has 0 unspecified atom stereocenters. The number of nitrogens with zero attached hydrogens (tertiary/aromatic N) is 2. The molecule has 8 heteroatoms. The number of benzene rings is 2. The first-order valence-electron chi connectivity index (χ1n) is 11.4. The maximum atomic E-state index is 12.5. The number of anilines is 1. The van der Waals surface area contributed by atoms with E-state index >= 15 is 0 Å². The van der Waals surface area contributed by atoms with Crippen molar-refractivity contribution >= 4 is 17.5 Å². The maximum Gasteiger partial charge on any atom is 0.267 e. The van der Waals surface area contributed by atoms with Crippen LogP contribution in [-0.2, 0) is 4.79 Å². The van der Waals surface area contributed by atoms with E-state index in [1.807, 2.05) is 12.1 Å². The second kappa shape index (κ2) is 11.5. The number of hydroxylamine groups is 1. The molecule has 5 N–H and O–H groups in total. The molecule has 8 nitrogen and oxygen atoms in total. The lowest BCUT2D eigenvalue weighted by Crippen LogP contribution is -2.61. The van der Waals surface area contributed by atoms with Crippen LogP contribution in [-0.4, -0.2) is 66.7 Å². The van der Waals surface area contributed by atoms with Crippen molar-refractivity contribution in [1.82, 2.24) is 15.7 Å². The molecule has 2 amide bonds. The molecule has 1 fully saturated rings. The van der Waals surface area contributed by atoms with Crippen molar-refractivity contribution in [3.63, 3.8) is 0 Å². The lowest BCUT2D eigenvalue weighted by Gasteiger charge is -2.34. The fraction of sp³-hybridized carbons (Fsp3) is 0.333. The largest absolute Gasteiger partial charge is 0.369 e. The fourth-order valence-corrected chi connectivity index (χ4v) is 3.60. The number of carbonyl (C=O) groups excluding carboxylic acids is 2. The Labute approximate surface area is 206 Å². The number of carbonyl (C=O) groups is 2. The summed E-state index contributed by atoms with van der Waals surface area (Å²) in [5.41, 5.74) is 9.53. The van der Waals surface area contributed by atoms with E-state index < -0.39 is 23.4 Å². The third-order valence-corrected chi connectivity index (χ3v) is 5.75. The molecular weight excluding hydrogens is 442 g/mol. The summed E-state index contributed by atoms with van der Waals surface area (Å²) in [5, 5.41) is 11.4. The van der Waals surface area contributed by atoms with Crippen LogP contribution in [0.5, 0.6) is 0 Å². The van der Waals surface area contributed by atoms with Gasteiger partial charge in [0.25, 0.3) is 11.8 Å². The summed E-state index contributed by atoms with van der Waals surface area (Å²) in [6.45, 7) is 7.34. The van der Waals surface area contributed by atoms with Gasteiger partial charge in [-0.15, -0.1) is 0 Å². The molecule has 182 valence electrons. The highest BCUT2D eigenvalue weighted by Crippen LogP contribution is 2.16. The molecule has 3 rings (SSSR count). The van der Waals surface area contributed by atoms with E-state index in [0.29, 0.717) is 11.1 Å². The molecule has 1 heterocycles. The smallest absolute Gasteiger partial charge is 0.267 e. The average molecular weight is 474 g/mol. The Hall–Kier alpha value is -3.82. The molecule has 0 aromatic heterocycles. The van der Waals surface area contributed by atoms with E-state index in [-0.39, 0.29) is 0 Å². The summed E-state index contributed by atoms with van der Waals surface area (Å²) in [6, 6.07) is 13.7. The molecule has 35 heavy (non-hydrogen) atoms.